The second-order valence-corrected chi connectivity index (χ2v) is 16.8. The van der Waals surface area contributed by atoms with Crippen LogP contribution in [0.4, 0.5) is 18.9 Å². The van der Waals surface area contributed by atoms with E-state index in [0.29, 0.717) is 36.2 Å². The first-order valence-electron chi connectivity index (χ1n) is 17.2. The first-order valence-corrected chi connectivity index (χ1v) is 19.4. The molecule has 278 valence electrons. The van der Waals surface area contributed by atoms with E-state index < -0.39 is 45.0 Å². The molecule has 0 radical (unpaired) electrons. The predicted octanol–water partition coefficient (Wildman–Crippen LogP) is 7.62. The van der Waals surface area contributed by atoms with Crippen molar-refractivity contribution in [3.05, 3.63) is 83.4 Å². The maximum Gasteiger partial charge on any atom is 0.451 e. The van der Waals surface area contributed by atoms with Crippen molar-refractivity contribution in [2.45, 2.75) is 56.2 Å². The lowest BCUT2D eigenvalue weighted by molar-refractivity contribution is -0.168. The van der Waals surface area contributed by atoms with Crippen LogP contribution in [0, 0.1) is 17.8 Å². The molecule has 2 aliphatic carbocycles. The number of aryl methyl sites for hydroxylation is 1. The number of rotatable bonds is 14. The number of ether oxygens (including phenoxy) is 3. The molecule has 13 heteroatoms. The van der Waals surface area contributed by atoms with Gasteiger partial charge < -0.3 is 19.1 Å². The molecule has 1 heterocycles. The molecule has 1 amide bonds. The number of hydrogen-bond donors (Lipinski definition) is 0. The minimum Gasteiger partial charge on any atom is -0.490 e. The first kappa shape index (κ1) is 39.0. The van der Waals surface area contributed by atoms with Crippen LogP contribution in [0.15, 0.2) is 66.1 Å². The summed E-state index contributed by atoms with van der Waals surface area (Å²) in [5.41, 5.74) is 2.63. The average molecular weight is 751 g/mol. The Kier molecular flexibility index (Phi) is 12.4. The number of carbonyl (C=O) groups is 2. The highest BCUT2D eigenvalue weighted by molar-refractivity contribution is 7.94. The molecule has 0 saturated heterocycles. The number of nitrogens with zero attached hydrogens (tertiary/aromatic N) is 2. The van der Waals surface area contributed by atoms with Crippen LogP contribution in [-0.4, -0.2) is 80.2 Å². The Morgan fingerprint density at radius 3 is 2.63 bits per heavy atom. The summed E-state index contributed by atoms with van der Waals surface area (Å²) >= 11 is 6.40. The molecule has 1 unspecified atom stereocenters. The van der Waals surface area contributed by atoms with Crippen molar-refractivity contribution in [1.82, 2.24) is 0 Å². The fourth-order valence-electron chi connectivity index (χ4n) is 7.87. The summed E-state index contributed by atoms with van der Waals surface area (Å²) in [6, 6.07) is 10.7. The van der Waals surface area contributed by atoms with Gasteiger partial charge in [-0.3, -0.25) is 9.59 Å². The molecule has 0 N–H and O–H groups in total. The Labute approximate surface area is 303 Å². The molecule has 2 aromatic carbocycles. The second kappa shape index (κ2) is 16.2. The number of alkyl halides is 3. The zero-order valence-electron chi connectivity index (χ0n) is 29.1. The third-order valence-corrected chi connectivity index (χ3v) is 12.9. The molecule has 3 aliphatic rings. The van der Waals surface area contributed by atoms with Gasteiger partial charge in [-0.15, -0.1) is 13.2 Å². The smallest absolute Gasteiger partial charge is 0.451 e. The molecule has 1 saturated carbocycles. The normalized spacial score (nSPS) is 23.7. The summed E-state index contributed by atoms with van der Waals surface area (Å²) in [4.78, 5) is 28.1. The minimum atomic E-state index is -5.23. The quantitative estimate of drug-likeness (QED) is 0.184. The van der Waals surface area contributed by atoms with Crippen molar-refractivity contribution in [2.75, 3.05) is 56.9 Å². The van der Waals surface area contributed by atoms with Gasteiger partial charge in [0.2, 0.25) is 5.78 Å². The van der Waals surface area contributed by atoms with Gasteiger partial charge in [-0.05, 0) is 97.7 Å². The van der Waals surface area contributed by atoms with E-state index in [2.05, 4.69) is 28.5 Å². The van der Waals surface area contributed by atoms with E-state index in [1.165, 1.54) is 30.4 Å². The maximum absolute atomic E-state index is 14.0. The van der Waals surface area contributed by atoms with Crippen LogP contribution >= 0.6 is 11.6 Å². The van der Waals surface area contributed by atoms with Gasteiger partial charge in [-0.2, -0.15) is 17.5 Å². The number of carbonyl (C=O) groups excluding carboxylic acids is 2. The van der Waals surface area contributed by atoms with Crippen LogP contribution in [0.3, 0.4) is 0 Å². The van der Waals surface area contributed by atoms with E-state index in [0.717, 1.165) is 32.1 Å². The van der Waals surface area contributed by atoms with Crippen molar-refractivity contribution in [2.24, 2.45) is 22.1 Å². The molecule has 8 nitrogen and oxygen atoms in total. The molecule has 1 fully saturated rings. The SMILES string of the molecule is C=CC[C@H](COC)CS(=O)(CC(=O)C(F)(F)F)=NC(=O)c1ccc2c(c1)N(C[C@@H]1CC[C@H]1[C@H](C=C)OC)C[C@@]1(CCCc3cc(Cl)ccc31)CO2. The fourth-order valence-corrected chi connectivity index (χ4v) is 10.3. The van der Waals surface area contributed by atoms with Crippen LogP contribution in [0.5, 0.6) is 5.75 Å². The topological polar surface area (TPSA) is 94.5 Å². The van der Waals surface area contributed by atoms with Crippen LogP contribution in [0.1, 0.15) is 53.6 Å². The van der Waals surface area contributed by atoms with Crippen LogP contribution in [-0.2, 0) is 35.8 Å². The third-order valence-electron chi connectivity index (χ3n) is 10.5. The van der Waals surface area contributed by atoms with Crippen molar-refractivity contribution in [3.8, 4) is 5.75 Å². The van der Waals surface area contributed by atoms with Gasteiger partial charge in [0.25, 0.3) is 5.91 Å². The molecule has 51 heavy (non-hydrogen) atoms. The fraction of sp³-hybridized carbons (Fsp3) is 0.526. The lowest BCUT2D eigenvalue weighted by atomic mass is 9.68. The largest absolute Gasteiger partial charge is 0.490 e. The van der Waals surface area contributed by atoms with Gasteiger partial charge in [0.15, 0.2) is 0 Å². The van der Waals surface area contributed by atoms with E-state index in [9.17, 15) is 27.0 Å². The minimum absolute atomic E-state index is 0.0272. The van der Waals surface area contributed by atoms with Gasteiger partial charge in [0, 0.05) is 49.1 Å². The Balaban J connectivity index is 1.55. The van der Waals surface area contributed by atoms with E-state index in [-0.39, 0.29) is 41.9 Å². The molecule has 1 aliphatic heterocycles. The number of hydrogen-bond acceptors (Lipinski definition) is 7. The standard InChI is InChI=1S/C38H46ClF3N2O6S/c1-5-8-25(20-48-3)21-51(47,22-35(45)38(40,41)42)43-36(46)27-11-15-34-32(18-27)44(19-28-10-13-30(28)33(6-2)49-4)23-37(24-50-34)16-7-9-26-17-29(39)12-14-31(26)37/h5-6,11-12,14-15,17-18,25,28,30,33H,1-2,7-10,13,16,19-24H2,3-4H3/t25-,28+,30-,33+,37+,51?/m1/s1. The van der Waals surface area contributed by atoms with Crippen molar-refractivity contribution in [3.63, 3.8) is 0 Å². The van der Waals surface area contributed by atoms with E-state index in [4.69, 9.17) is 25.8 Å². The highest BCUT2D eigenvalue weighted by atomic mass is 35.5. The highest BCUT2D eigenvalue weighted by Gasteiger charge is 2.45. The number of methoxy groups -OCH3 is 2. The molecule has 2 aromatic rings. The number of benzene rings is 2. The monoisotopic (exact) mass is 750 g/mol. The van der Waals surface area contributed by atoms with Gasteiger partial charge >= 0.3 is 6.18 Å². The number of Topliss-reactive ketones (excluding diaryl/α,β-unsaturated/α-hetero) is 1. The number of fused-ring (bicyclic) bond motifs is 3. The Hall–Kier alpha value is -3.19. The zero-order chi connectivity index (χ0) is 37.0. The van der Waals surface area contributed by atoms with Gasteiger partial charge in [0.05, 0.1) is 34.7 Å². The van der Waals surface area contributed by atoms with Crippen LogP contribution < -0.4 is 9.64 Å². The van der Waals surface area contributed by atoms with Crippen LogP contribution in [0.2, 0.25) is 5.02 Å². The van der Waals surface area contributed by atoms with Gasteiger partial charge in [-0.25, -0.2) is 4.21 Å². The molecular formula is C38H46ClF3N2O6S. The van der Waals surface area contributed by atoms with Gasteiger partial charge in [0.1, 0.15) is 11.5 Å². The zero-order valence-corrected chi connectivity index (χ0v) is 30.7. The van der Waals surface area contributed by atoms with E-state index in [1.54, 1.807) is 19.2 Å². The number of halogens is 4. The first-order chi connectivity index (χ1) is 24.2. The number of anilines is 1. The lowest BCUT2D eigenvalue weighted by Gasteiger charge is -2.46. The molecule has 5 rings (SSSR count). The summed E-state index contributed by atoms with van der Waals surface area (Å²) < 4.78 is 75.5. The third kappa shape index (κ3) is 8.89. The molecule has 1 spiro atoms. The molecule has 0 bridgehead atoms. The summed E-state index contributed by atoms with van der Waals surface area (Å²) in [5, 5.41) is 0.672. The molecule has 6 atom stereocenters. The van der Waals surface area contributed by atoms with Crippen molar-refractivity contribution in [1.29, 1.82) is 0 Å². The Morgan fingerprint density at radius 1 is 1.20 bits per heavy atom. The summed E-state index contributed by atoms with van der Waals surface area (Å²) in [6.07, 6.45) is 2.91. The Morgan fingerprint density at radius 2 is 1.98 bits per heavy atom. The Bertz CT molecular complexity index is 1760. The summed E-state index contributed by atoms with van der Waals surface area (Å²) in [7, 11) is -0.931. The van der Waals surface area contributed by atoms with E-state index >= 15 is 0 Å². The number of allylic oxidation sites excluding steroid dienone is 1. The summed E-state index contributed by atoms with van der Waals surface area (Å²) in [6.45, 7) is 9.25. The predicted molar refractivity (Wildman–Crippen MR) is 193 cm³/mol. The number of ketones is 1. The summed E-state index contributed by atoms with van der Waals surface area (Å²) in [5.74, 6) is -4.58. The van der Waals surface area contributed by atoms with Gasteiger partial charge in [-0.1, -0.05) is 29.8 Å². The van der Waals surface area contributed by atoms with Crippen LogP contribution in [0.25, 0.3) is 0 Å². The molecular weight excluding hydrogens is 705 g/mol. The highest BCUT2D eigenvalue weighted by Crippen LogP contribution is 2.47. The lowest BCUT2D eigenvalue weighted by Crippen LogP contribution is -2.49. The molecule has 0 aromatic heterocycles. The number of amides is 1. The van der Waals surface area contributed by atoms with Crippen molar-refractivity contribution >= 4 is 38.7 Å². The second-order valence-electron chi connectivity index (χ2n) is 14.0. The van der Waals surface area contributed by atoms with E-state index in [1.807, 2.05) is 18.2 Å². The maximum atomic E-state index is 14.0. The average Bonchev–Trinajstić information content (AvgIpc) is 3.21. The van der Waals surface area contributed by atoms with Crippen molar-refractivity contribution < 1.29 is 41.2 Å².